The van der Waals surface area contributed by atoms with E-state index in [9.17, 15) is 19.5 Å². The fourth-order valence-corrected chi connectivity index (χ4v) is 7.94. The van der Waals surface area contributed by atoms with Crippen molar-refractivity contribution in [1.29, 1.82) is 0 Å². The predicted octanol–water partition coefficient (Wildman–Crippen LogP) is 6.32. The van der Waals surface area contributed by atoms with E-state index in [-0.39, 0.29) is 31.0 Å². The van der Waals surface area contributed by atoms with Crippen molar-refractivity contribution in [2.75, 3.05) is 20.2 Å². The fourth-order valence-electron chi connectivity index (χ4n) is 7.94. The zero-order valence-corrected chi connectivity index (χ0v) is 29.9. The van der Waals surface area contributed by atoms with Gasteiger partial charge < -0.3 is 24.6 Å². The SMILES string of the molecule is COc1cc(C(=O)N2C[C@H](F)C[C@@H](N(C(=O)O)C(C)(C)C)C2)cn2nc(-c3cc4ccc(-c5ccc6c(c5)C(=O)NC6)nc4n3CC3CC3)c(C)c12. The summed E-state index contributed by atoms with van der Waals surface area (Å²) in [5.41, 5.74) is 6.81. The van der Waals surface area contributed by atoms with Crippen LogP contribution >= 0.6 is 0 Å². The molecule has 270 valence electrons. The number of nitrogens with one attached hydrogen (secondary N) is 1. The maximum absolute atomic E-state index is 15.1. The van der Waals surface area contributed by atoms with E-state index in [0.29, 0.717) is 29.3 Å². The molecular weight excluding hydrogens is 665 g/mol. The molecule has 2 atom stereocenters. The summed E-state index contributed by atoms with van der Waals surface area (Å²) in [6.07, 6.45) is 1.41. The number of hydrogen-bond acceptors (Lipinski definition) is 6. The number of fused-ring (bicyclic) bond motifs is 3. The lowest BCUT2D eigenvalue weighted by Gasteiger charge is -2.45. The van der Waals surface area contributed by atoms with Crippen LogP contribution in [0.5, 0.6) is 5.75 Å². The Hall–Kier alpha value is -5.46. The van der Waals surface area contributed by atoms with Gasteiger partial charge in [0.15, 0.2) is 0 Å². The molecule has 4 aromatic heterocycles. The number of pyridine rings is 2. The number of methoxy groups -OCH3 is 1. The molecule has 2 N–H and O–H groups in total. The van der Waals surface area contributed by atoms with Gasteiger partial charge in [-0.2, -0.15) is 5.10 Å². The molecule has 52 heavy (non-hydrogen) atoms. The number of alkyl halides is 1. The molecule has 1 saturated carbocycles. The van der Waals surface area contributed by atoms with Crippen LogP contribution in [0.3, 0.4) is 0 Å². The molecule has 1 aliphatic carbocycles. The van der Waals surface area contributed by atoms with Gasteiger partial charge >= 0.3 is 6.09 Å². The summed E-state index contributed by atoms with van der Waals surface area (Å²) in [7, 11) is 1.54. The number of rotatable bonds is 7. The molecule has 12 nitrogen and oxygen atoms in total. The van der Waals surface area contributed by atoms with Crippen LogP contribution in [0.4, 0.5) is 9.18 Å². The summed E-state index contributed by atoms with van der Waals surface area (Å²) < 4.78 is 24.8. The topological polar surface area (TPSA) is 134 Å². The Kier molecular flexibility index (Phi) is 7.99. The predicted molar refractivity (Wildman–Crippen MR) is 193 cm³/mol. The van der Waals surface area contributed by atoms with Crippen LogP contribution in [-0.2, 0) is 13.1 Å². The zero-order chi connectivity index (χ0) is 36.6. The third kappa shape index (κ3) is 5.81. The number of carboxylic acid groups (broad SMARTS) is 1. The molecule has 1 saturated heterocycles. The fraction of sp³-hybridized carbons (Fsp3) is 0.410. The Morgan fingerprint density at radius 2 is 1.90 bits per heavy atom. The van der Waals surface area contributed by atoms with E-state index in [4.69, 9.17) is 14.8 Å². The van der Waals surface area contributed by atoms with Crippen molar-refractivity contribution in [3.63, 3.8) is 0 Å². The number of benzene rings is 1. The van der Waals surface area contributed by atoms with Crippen LogP contribution in [0.15, 0.2) is 48.7 Å². The maximum atomic E-state index is 15.1. The molecule has 1 aromatic carbocycles. The molecule has 0 radical (unpaired) electrons. The first kappa shape index (κ1) is 33.7. The molecule has 8 rings (SSSR count). The lowest BCUT2D eigenvalue weighted by atomic mass is 9.96. The highest BCUT2D eigenvalue weighted by molar-refractivity contribution is 5.99. The lowest BCUT2D eigenvalue weighted by molar-refractivity contribution is 0.0125. The van der Waals surface area contributed by atoms with E-state index in [1.807, 2.05) is 31.2 Å². The van der Waals surface area contributed by atoms with Crippen molar-refractivity contribution in [3.05, 3.63) is 70.9 Å². The number of aromatic nitrogens is 4. The number of carbonyl (C=O) groups is 3. The van der Waals surface area contributed by atoms with Gasteiger partial charge in [-0.3, -0.25) is 14.5 Å². The van der Waals surface area contributed by atoms with E-state index in [1.54, 1.807) is 37.5 Å². The molecule has 0 spiro atoms. The molecule has 2 aliphatic heterocycles. The Morgan fingerprint density at radius 1 is 1.12 bits per heavy atom. The summed E-state index contributed by atoms with van der Waals surface area (Å²) in [6.45, 7) is 8.52. The maximum Gasteiger partial charge on any atom is 0.408 e. The number of nitrogens with zero attached hydrogens (tertiary/aromatic N) is 6. The lowest BCUT2D eigenvalue weighted by Crippen LogP contribution is -2.59. The number of hydrogen-bond donors (Lipinski definition) is 2. The van der Waals surface area contributed by atoms with E-state index >= 15 is 4.39 Å². The zero-order valence-electron chi connectivity index (χ0n) is 29.9. The largest absolute Gasteiger partial charge is 0.494 e. The summed E-state index contributed by atoms with van der Waals surface area (Å²) in [6, 6.07) is 13.0. The van der Waals surface area contributed by atoms with Gasteiger partial charge in [0, 0.05) is 59.9 Å². The second-order valence-electron chi connectivity index (χ2n) is 15.3. The molecule has 0 bridgehead atoms. The van der Waals surface area contributed by atoms with E-state index in [0.717, 1.165) is 64.2 Å². The minimum atomic E-state index is -1.37. The van der Waals surface area contributed by atoms with E-state index in [1.165, 1.54) is 16.9 Å². The molecule has 3 amide bonds. The second-order valence-corrected chi connectivity index (χ2v) is 15.3. The van der Waals surface area contributed by atoms with Gasteiger partial charge in [-0.1, -0.05) is 12.1 Å². The first-order chi connectivity index (χ1) is 24.8. The molecule has 5 aromatic rings. The molecule has 0 unspecified atom stereocenters. The minimum Gasteiger partial charge on any atom is -0.494 e. The summed E-state index contributed by atoms with van der Waals surface area (Å²) in [5.74, 6) is 0.477. The first-order valence-electron chi connectivity index (χ1n) is 17.8. The number of halogens is 1. The van der Waals surface area contributed by atoms with Crippen molar-refractivity contribution < 1.29 is 28.6 Å². The third-order valence-electron chi connectivity index (χ3n) is 10.6. The Morgan fingerprint density at radius 3 is 2.62 bits per heavy atom. The average molecular weight is 708 g/mol. The van der Waals surface area contributed by atoms with E-state index < -0.39 is 29.8 Å². The summed E-state index contributed by atoms with van der Waals surface area (Å²) in [4.78, 5) is 46.4. The number of piperidine rings is 1. The van der Waals surface area contributed by atoms with Crippen LogP contribution in [-0.4, -0.2) is 89.9 Å². The van der Waals surface area contributed by atoms with Crippen molar-refractivity contribution in [2.24, 2.45) is 5.92 Å². The Bertz CT molecular complexity index is 2280. The highest BCUT2D eigenvalue weighted by atomic mass is 19.1. The van der Waals surface area contributed by atoms with Crippen LogP contribution in [0.25, 0.3) is 39.2 Å². The van der Waals surface area contributed by atoms with Gasteiger partial charge in [0.2, 0.25) is 0 Å². The normalized spacial score (nSPS) is 18.9. The molecule has 2 fully saturated rings. The first-order valence-corrected chi connectivity index (χ1v) is 17.8. The van der Waals surface area contributed by atoms with Gasteiger partial charge in [-0.25, -0.2) is 18.7 Å². The molecule has 6 heterocycles. The van der Waals surface area contributed by atoms with Crippen LogP contribution < -0.4 is 10.1 Å². The third-order valence-corrected chi connectivity index (χ3v) is 10.6. The minimum absolute atomic E-state index is 0.0209. The van der Waals surface area contributed by atoms with Crippen molar-refractivity contribution in [1.82, 2.24) is 34.3 Å². The number of ether oxygens (including phenoxy) is 1. The second kappa shape index (κ2) is 12.3. The van der Waals surface area contributed by atoms with Crippen LogP contribution in [0.1, 0.15) is 71.9 Å². The number of likely N-dealkylation sites (tertiary alicyclic amines) is 1. The number of aryl methyl sites for hydroxylation is 1. The summed E-state index contributed by atoms with van der Waals surface area (Å²) in [5, 5.41) is 18.8. The highest BCUT2D eigenvalue weighted by Crippen LogP contribution is 2.39. The van der Waals surface area contributed by atoms with Gasteiger partial charge in [0.1, 0.15) is 28.8 Å². The van der Waals surface area contributed by atoms with Crippen molar-refractivity contribution in [2.45, 2.75) is 77.8 Å². The summed E-state index contributed by atoms with van der Waals surface area (Å²) >= 11 is 0. The van der Waals surface area contributed by atoms with Crippen LogP contribution in [0.2, 0.25) is 0 Å². The van der Waals surface area contributed by atoms with Gasteiger partial charge in [0.05, 0.1) is 36.6 Å². The van der Waals surface area contributed by atoms with Crippen molar-refractivity contribution >= 4 is 34.5 Å². The molecule has 13 heteroatoms. The smallest absolute Gasteiger partial charge is 0.408 e. The standard InChI is InChI=1S/C39H42FN7O5/c1-21-33(31-13-24-10-11-30(42-35(24)45(31)17-22-6-7-22)23-8-9-25-16-41-36(48)29(25)12-23)43-46-18-26(14-32(52-5)34(21)46)37(49)44-19-27(40)15-28(20-44)47(38(50)51)39(2,3)4/h8-14,18,22,27-28H,6-7,15-17,19-20H2,1-5H3,(H,41,48)(H,50,51)/t27-,28-/m1/s1. The van der Waals surface area contributed by atoms with Gasteiger partial charge in [0.25, 0.3) is 11.8 Å². The number of carbonyl (C=O) groups excluding carboxylic acids is 2. The number of amides is 3. The molecular formula is C39H42FN7O5. The highest BCUT2D eigenvalue weighted by Gasteiger charge is 2.40. The Balaban J connectivity index is 1.18. The van der Waals surface area contributed by atoms with Gasteiger partial charge in [-0.05, 0) is 82.3 Å². The molecule has 3 aliphatic rings. The van der Waals surface area contributed by atoms with Crippen molar-refractivity contribution in [3.8, 4) is 28.4 Å². The monoisotopic (exact) mass is 707 g/mol. The average Bonchev–Trinajstić information content (AvgIpc) is 3.63. The Labute approximate surface area is 300 Å². The van der Waals surface area contributed by atoms with Crippen LogP contribution in [0, 0.1) is 12.8 Å². The van der Waals surface area contributed by atoms with E-state index in [2.05, 4.69) is 22.0 Å². The quantitative estimate of drug-likeness (QED) is 0.202. The van der Waals surface area contributed by atoms with Gasteiger partial charge in [-0.15, -0.1) is 0 Å².